The van der Waals surface area contributed by atoms with Gasteiger partial charge in [0.05, 0.1) is 10.6 Å². The second-order valence-corrected chi connectivity index (χ2v) is 7.72. The number of carbonyl (C=O) groups is 2. The minimum atomic E-state index is -3.10. The van der Waals surface area contributed by atoms with Crippen LogP contribution in [0, 0.1) is 0 Å². The average Bonchev–Trinajstić information content (AvgIpc) is 2.82. The van der Waals surface area contributed by atoms with Gasteiger partial charge in [-0.3, -0.25) is 9.59 Å². The van der Waals surface area contributed by atoms with Crippen LogP contribution in [0.15, 0.2) is 12.1 Å². The molecule has 0 saturated carbocycles. The van der Waals surface area contributed by atoms with E-state index in [0.29, 0.717) is 16.2 Å². The number of carboxylic acids is 1. The number of carbonyl (C=O) groups excluding carboxylic acids is 1. The predicted molar refractivity (Wildman–Crippen MR) is 76.7 cm³/mol. The van der Waals surface area contributed by atoms with Gasteiger partial charge in [-0.05, 0) is 18.6 Å². The Morgan fingerprint density at radius 3 is 2.65 bits per heavy atom. The van der Waals surface area contributed by atoms with E-state index in [-0.39, 0.29) is 30.4 Å². The molecule has 1 heterocycles. The Bertz CT molecular complexity index is 576. The molecule has 112 valence electrons. The molecule has 0 fully saturated rings. The third kappa shape index (κ3) is 5.70. The first-order valence-corrected chi connectivity index (χ1v) is 8.77. The zero-order valence-electron chi connectivity index (χ0n) is 11.1. The normalized spacial score (nSPS) is 11.2. The van der Waals surface area contributed by atoms with Crippen LogP contribution in [-0.4, -0.2) is 37.7 Å². The zero-order valence-corrected chi connectivity index (χ0v) is 12.7. The van der Waals surface area contributed by atoms with Crippen molar-refractivity contribution in [1.82, 2.24) is 5.32 Å². The van der Waals surface area contributed by atoms with Crippen molar-refractivity contribution in [2.45, 2.75) is 25.5 Å². The summed E-state index contributed by atoms with van der Waals surface area (Å²) >= 11 is 1.14. The Kier molecular flexibility index (Phi) is 6.15. The molecule has 1 aromatic rings. The Labute approximate surface area is 121 Å². The lowest BCUT2D eigenvalue weighted by Crippen LogP contribution is -2.23. The summed E-state index contributed by atoms with van der Waals surface area (Å²) in [6.45, 7) is 1.87. The third-order valence-corrected chi connectivity index (χ3v) is 5.44. The standard InChI is InChI=1S/C12H17NO5S2/c1-2-20(17,18)8-9-5-6-10(19-9)12(16)13-7-3-4-11(14)15/h5-6H,2-4,7-8H2,1H3,(H,13,16)(H,14,15). The lowest BCUT2D eigenvalue weighted by atomic mass is 10.3. The molecule has 0 atom stereocenters. The average molecular weight is 319 g/mol. The van der Waals surface area contributed by atoms with Gasteiger partial charge in [-0.1, -0.05) is 6.92 Å². The van der Waals surface area contributed by atoms with Crippen LogP contribution in [0.2, 0.25) is 0 Å². The van der Waals surface area contributed by atoms with Crippen molar-refractivity contribution in [3.8, 4) is 0 Å². The van der Waals surface area contributed by atoms with E-state index in [4.69, 9.17) is 5.11 Å². The maximum atomic E-state index is 11.7. The molecular weight excluding hydrogens is 302 g/mol. The van der Waals surface area contributed by atoms with Gasteiger partial charge in [0.1, 0.15) is 0 Å². The molecular formula is C12H17NO5S2. The fourth-order valence-electron chi connectivity index (χ4n) is 1.42. The van der Waals surface area contributed by atoms with Crippen molar-refractivity contribution in [2.24, 2.45) is 0 Å². The molecule has 0 aliphatic heterocycles. The largest absolute Gasteiger partial charge is 0.481 e. The van der Waals surface area contributed by atoms with E-state index >= 15 is 0 Å². The fraction of sp³-hybridized carbons (Fsp3) is 0.500. The maximum absolute atomic E-state index is 11.7. The molecule has 0 saturated heterocycles. The second kappa shape index (κ2) is 7.39. The predicted octanol–water partition coefficient (Wildman–Crippen LogP) is 1.28. The van der Waals surface area contributed by atoms with Crippen molar-refractivity contribution in [2.75, 3.05) is 12.3 Å². The van der Waals surface area contributed by atoms with Crippen molar-refractivity contribution in [3.05, 3.63) is 21.9 Å². The highest BCUT2D eigenvalue weighted by Gasteiger charge is 2.14. The van der Waals surface area contributed by atoms with Gasteiger partial charge >= 0.3 is 5.97 Å². The fourth-order valence-corrected chi connectivity index (χ4v) is 3.65. The van der Waals surface area contributed by atoms with Crippen LogP contribution in [0.1, 0.15) is 34.3 Å². The van der Waals surface area contributed by atoms with Gasteiger partial charge < -0.3 is 10.4 Å². The first kappa shape index (κ1) is 16.6. The number of hydrogen-bond donors (Lipinski definition) is 2. The van der Waals surface area contributed by atoms with Gasteiger partial charge in [-0.15, -0.1) is 11.3 Å². The lowest BCUT2D eigenvalue weighted by molar-refractivity contribution is -0.137. The van der Waals surface area contributed by atoms with E-state index < -0.39 is 15.8 Å². The van der Waals surface area contributed by atoms with E-state index in [1.807, 2.05) is 0 Å². The van der Waals surface area contributed by atoms with Crippen molar-refractivity contribution in [3.63, 3.8) is 0 Å². The second-order valence-electron chi connectivity index (χ2n) is 4.20. The molecule has 0 aromatic carbocycles. The summed E-state index contributed by atoms with van der Waals surface area (Å²) in [6, 6.07) is 3.21. The Balaban J connectivity index is 2.50. The van der Waals surface area contributed by atoms with Crippen LogP contribution in [0.5, 0.6) is 0 Å². The summed E-state index contributed by atoms with van der Waals surface area (Å²) in [5, 5.41) is 11.1. The van der Waals surface area contributed by atoms with Gasteiger partial charge in [0, 0.05) is 23.6 Å². The minimum Gasteiger partial charge on any atom is -0.481 e. The van der Waals surface area contributed by atoms with Crippen molar-refractivity contribution < 1.29 is 23.1 Å². The zero-order chi connectivity index (χ0) is 15.2. The van der Waals surface area contributed by atoms with Crippen molar-refractivity contribution >= 4 is 33.1 Å². The molecule has 0 spiro atoms. The minimum absolute atomic E-state index is 0.00468. The van der Waals surface area contributed by atoms with Gasteiger partial charge in [-0.25, -0.2) is 8.42 Å². The Morgan fingerprint density at radius 1 is 1.35 bits per heavy atom. The van der Waals surface area contributed by atoms with E-state index in [2.05, 4.69) is 5.32 Å². The highest BCUT2D eigenvalue weighted by molar-refractivity contribution is 7.90. The van der Waals surface area contributed by atoms with E-state index in [1.165, 1.54) is 0 Å². The number of amides is 1. The smallest absolute Gasteiger partial charge is 0.303 e. The third-order valence-electron chi connectivity index (χ3n) is 2.54. The van der Waals surface area contributed by atoms with Gasteiger partial charge in [0.25, 0.3) is 5.91 Å². The molecule has 0 unspecified atom stereocenters. The van der Waals surface area contributed by atoms with Gasteiger partial charge in [-0.2, -0.15) is 0 Å². The van der Waals surface area contributed by atoms with Crippen LogP contribution < -0.4 is 5.32 Å². The first-order valence-electron chi connectivity index (χ1n) is 6.13. The van der Waals surface area contributed by atoms with Crippen LogP contribution in [0.25, 0.3) is 0 Å². The van der Waals surface area contributed by atoms with E-state index in [0.717, 1.165) is 11.3 Å². The topological polar surface area (TPSA) is 101 Å². The molecule has 1 aromatic heterocycles. The number of hydrogen-bond acceptors (Lipinski definition) is 5. The monoisotopic (exact) mass is 319 g/mol. The summed E-state index contributed by atoms with van der Waals surface area (Å²) in [7, 11) is -3.10. The molecule has 6 nitrogen and oxygen atoms in total. The summed E-state index contributed by atoms with van der Waals surface area (Å²) in [5.41, 5.74) is 0. The number of aliphatic carboxylic acids is 1. The summed E-state index contributed by atoms with van der Waals surface area (Å²) in [4.78, 5) is 23.1. The van der Waals surface area contributed by atoms with Crippen LogP contribution in [0.4, 0.5) is 0 Å². The molecule has 2 N–H and O–H groups in total. The quantitative estimate of drug-likeness (QED) is 0.703. The molecule has 1 amide bonds. The van der Waals surface area contributed by atoms with Crippen LogP contribution in [0.3, 0.4) is 0 Å². The van der Waals surface area contributed by atoms with Gasteiger partial charge in [0.15, 0.2) is 9.84 Å². The molecule has 0 bridgehead atoms. The molecule has 20 heavy (non-hydrogen) atoms. The van der Waals surface area contributed by atoms with E-state index in [9.17, 15) is 18.0 Å². The molecule has 8 heteroatoms. The maximum Gasteiger partial charge on any atom is 0.303 e. The molecule has 1 rings (SSSR count). The first-order chi connectivity index (χ1) is 9.34. The van der Waals surface area contributed by atoms with Gasteiger partial charge in [0.2, 0.25) is 0 Å². The highest BCUT2D eigenvalue weighted by atomic mass is 32.2. The highest BCUT2D eigenvalue weighted by Crippen LogP contribution is 2.19. The van der Waals surface area contributed by atoms with E-state index in [1.54, 1.807) is 19.1 Å². The molecule has 0 aliphatic carbocycles. The summed E-state index contributed by atoms with van der Waals surface area (Å²) in [6.07, 6.45) is 0.369. The lowest BCUT2D eigenvalue weighted by Gasteiger charge is -2.01. The molecule has 0 radical (unpaired) electrons. The Hall–Kier alpha value is -1.41. The number of sulfone groups is 1. The summed E-state index contributed by atoms with van der Waals surface area (Å²) in [5.74, 6) is -1.19. The SMILES string of the molecule is CCS(=O)(=O)Cc1ccc(C(=O)NCCCC(=O)O)s1. The number of rotatable bonds is 8. The summed E-state index contributed by atoms with van der Waals surface area (Å²) < 4.78 is 22.9. The number of carboxylic acid groups (broad SMARTS) is 1. The number of thiophene rings is 1. The van der Waals surface area contributed by atoms with Crippen LogP contribution in [-0.2, 0) is 20.4 Å². The van der Waals surface area contributed by atoms with Crippen LogP contribution >= 0.6 is 11.3 Å². The van der Waals surface area contributed by atoms with Crippen molar-refractivity contribution in [1.29, 1.82) is 0 Å². The number of nitrogens with one attached hydrogen (secondary N) is 1. The molecule has 0 aliphatic rings. The Morgan fingerprint density at radius 2 is 2.05 bits per heavy atom.